The molecule has 0 aromatic heterocycles. The maximum absolute atomic E-state index is 11.7. The van der Waals surface area contributed by atoms with E-state index in [1.165, 1.54) is 0 Å². The zero-order chi connectivity index (χ0) is 12.7. The Kier molecular flexibility index (Phi) is 3.59. The van der Waals surface area contributed by atoms with E-state index in [0.717, 1.165) is 5.56 Å². The zero-order valence-corrected chi connectivity index (χ0v) is 11.9. The van der Waals surface area contributed by atoms with Crippen LogP contribution >= 0.6 is 29.8 Å². The fraction of sp³-hybridized carbons (Fsp3) is 0.455. The van der Waals surface area contributed by atoms with Gasteiger partial charge in [-0.15, -0.1) is 0 Å². The van der Waals surface area contributed by atoms with Crippen LogP contribution in [-0.4, -0.2) is 6.61 Å². The molecule has 1 aliphatic rings. The van der Waals surface area contributed by atoms with Gasteiger partial charge < -0.3 is 0 Å². The molecule has 1 aromatic rings. The van der Waals surface area contributed by atoms with Crippen molar-refractivity contribution >= 4 is 29.8 Å². The third-order valence-electron chi connectivity index (χ3n) is 2.72. The number of benzene rings is 1. The van der Waals surface area contributed by atoms with Crippen molar-refractivity contribution in [3.05, 3.63) is 34.9 Å². The predicted octanol–water partition coefficient (Wildman–Crippen LogP) is 4.80. The predicted molar refractivity (Wildman–Crippen MR) is 68.5 cm³/mol. The van der Waals surface area contributed by atoms with Crippen LogP contribution in [0.5, 0.6) is 0 Å². The van der Waals surface area contributed by atoms with Gasteiger partial charge in [-0.25, -0.2) is 4.57 Å². The molecule has 2 rings (SSSR count). The third-order valence-corrected chi connectivity index (χ3v) is 4.50. The van der Waals surface area contributed by atoms with Gasteiger partial charge in [-0.3, -0.25) is 9.05 Å². The molecular formula is C11H13Cl2O3P. The van der Waals surface area contributed by atoms with Crippen LogP contribution in [0.3, 0.4) is 0 Å². The van der Waals surface area contributed by atoms with Crippen molar-refractivity contribution < 1.29 is 13.6 Å². The Morgan fingerprint density at radius 2 is 2.06 bits per heavy atom. The minimum atomic E-state index is -3.49. The molecule has 0 unspecified atom stereocenters. The van der Waals surface area contributed by atoms with E-state index in [2.05, 4.69) is 0 Å². The van der Waals surface area contributed by atoms with E-state index in [4.69, 9.17) is 31.9 Å². The van der Waals surface area contributed by atoms with Gasteiger partial charge in [0.15, 0.2) is 0 Å². The van der Waals surface area contributed by atoms with E-state index >= 15 is 0 Å². The molecule has 0 spiro atoms. The lowest BCUT2D eigenvalue weighted by molar-refractivity contribution is -0.0202. The fourth-order valence-electron chi connectivity index (χ4n) is 1.78. The molecule has 1 aliphatic heterocycles. The molecular weight excluding hydrogens is 282 g/mol. The highest BCUT2D eigenvalue weighted by molar-refractivity contribution is 7.81. The van der Waals surface area contributed by atoms with E-state index in [1.54, 1.807) is 6.07 Å². The molecule has 6 heteroatoms. The van der Waals surface area contributed by atoms with Crippen LogP contribution in [0.25, 0.3) is 0 Å². The van der Waals surface area contributed by atoms with Crippen LogP contribution in [-0.2, 0) is 13.6 Å². The Morgan fingerprint density at radius 1 is 1.41 bits per heavy atom. The van der Waals surface area contributed by atoms with Gasteiger partial charge in [0.1, 0.15) is 6.10 Å². The van der Waals surface area contributed by atoms with Crippen molar-refractivity contribution in [2.75, 3.05) is 6.61 Å². The first kappa shape index (κ1) is 13.4. The van der Waals surface area contributed by atoms with Crippen LogP contribution in [0, 0.1) is 5.41 Å². The molecule has 1 heterocycles. The summed E-state index contributed by atoms with van der Waals surface area (Å²) in [6.07, 6.45) is -0.437. The minimum absolute atomic E-state index is 0.268. The van der Waals surface area contributed by atoms with E-state index in [0.29, 0.717) is 5.02 Å². The Labute approximate surface area is 110 Å². The van der Waals surface area contributed by atoms with Crippen LogP contribution in [0.1, 0.15) is 25.5 Å². The highest BCUT2D eigenvalue weighted by atomic mass is 35.7. The van der Waals surface area contributed by atoms with Crippen molar-refractivity contribution in [1.29, 1.82) is 0 Å². The lowest BCUT2D eigenvalue weighted by Gasteiger charge is -2.39. The summed E-state index contributed by atoms with van der Waals surface area (Å²) in [5.41, 5.74) is 0.441. The Bertz CT molecular complexity index is 476. The first-order chi connectivity index (χ1) is 7.82. The average molecular weight is 295 g/mol. The topological polar surface area (TPSA) is 35.5 Å². The normalized spacial score (nSPS) is 32.4. The van der Waals surface area contributed by atoms with Crippen molar-refractivity contribution in [3.8, 4) is 0 Å². The first-order valence-corrected chi connectivity index (χ1v) is 8.01. The van der Waals surface area contributed by atoms with Crippen molar-refractivity contribution in [2.45, 2.75) is 20.0 Å². The molecule has 0 saturated carbocycles. The number of halogens is 2. The molecule has 1 saturated heterocycles. The molecule has 17 heavy (non-hydrogen) atoms. The molecule has 1 aromatic carbocycles. The van der Waals surface area contributed by atoms with Gasteiger partial charge in [0.25, 0.3) is 0 Å². The molecule has 0 bridgehead atoms. The summed E-state index contributed by atoms with van der Waals surface area (Å²) in [7, 11) is 0. The lowest BCUT2D eigenvalue weighted by Crippen LogP contribution is -2.32. The molecule has 3 nitrogen and oxygen atoms in total. The minimum Gasteiger partial charge on any atom is -0.296 e. The van der Waals surface area contributed by atoms with Gasteiger partial charge in [0.05, 0.1) is 6.61 Å². The summed E-state index contributed by atoms with van der Waals surface area (Å²) < 4.78 is 22.1. The van der Waals surface area contributed by atoms with E-state index in [-0.39, 0.29) is 12.0 Å². The third kappa shape index (κ3) is 2.86. The zero-order valence-electron chi connectivity index (χ0n) is 9.52. The SMILES string of the molecule is CC1(C)CO[P@@](=O)(Cl)O[C@@H]1c1ccccc1Cl. The first-order valence-electron chi connectivity index (χ1n) is 5.19. The molecule has 0 amide bonds. The van der Waals surface area contributed by atoms with Crippen molar-refractivity contribution in [3.63, 3.8) is 0 Å². The van der Waals surface area contributed by atoms with Crippen molar-refractivity contribution in [2.24, 2.45) is 5.41 Å². The van der Waals surface area contributed by atoms with Crippen molar-refractivity contribution in [1.82, 2.24) is 0 Å². The fourth-order valence-corrected chi connectivity index (χ4v) is 3.60. The highest BCUT2D eigenvalue weighted by Gasteiger charge is 2.44. The summed E-state index contributed by atoms with van der Waals surface area (Å²) in [5.74, 6) is 0. The van der Waals surface area contributed by atoms with Gasteiger partial charge in [-0.1, -0.05) is 43.6 Å². The Balaban J connectivity index is 2.41. The second-order valence-corrected chi connectivity index (χ2v) is 7.68. The average Bonchev–Trinajstić information content (AvgIpc) is 2.23. The summed E-state index contributed by atoms with van der Waals surface area (Å²) in [6, 6.07) is 7.30. The Hall–Kier alpha value is -0.0500. The maximum Gasteiger partial charge on any atom is 0.424 e. The van der Waals surface area contributed by atoms with Crippen LogP contribution < -0.4 is 0 Å². The number of hydrogen-bond acceptors (Lipinski definition) is 3. The quantitative estimate of drug-likeness (QED) is 0.698. The molecule has 94 valence electrons. The smallest absolute Gasteiger partial charge is 0.296 e. The van der Waals surface area contributed by atoms with Gasteiger partial charge >= 0.3 is 6.95 Å². The van der Waals surface area contributed by atoms with E-state index < -0.39 is 13.1 Å². The maximum atomic E-state index is 11.7. The molecule has 1 fully saturated rings. The summed E-state index contributed by atoms with van der Waals surface area (Å²) in [6.45, 7) is 0.684. The van der Waals surface area contributed by atoms with E-state index in [9.17, 15) is 4.57 Å². The van der Waals surface area contributed by atoms with Gasteiger partial charge in [0.2, 0.25) is 0 Å². The van der Waals surface area contributed by atoms with Crippen LogP contribution in [0.15, 0.2) is 24.3 Å². The second-order valence-electron chi connectivity index (χ2n) is 4.70. The molecule has 0 N–H and O–H groups in total. The standard InChI is InChI=1S/C11H13Cl2O3P/c1-11(2)7-15-17(13,14)16-10(11)8-5-3-4-6-9(8)12/h3-6,10H,7H2,1-2H3/t10-,17+/m1/s1. The second kappa shape index (κ2) is 4.56. The summed E-state index contributed by atoms with van der Waals surface area (Å²) in [5, 5.41) is 0.573. The van der Waals surface area contributed by atoms with Gasteiger partial charge in [0, 0.05) is 27.2 Å². The van der Waals surface area contributed by atoms with Crippen LogP contribution in [0.2, 0.25) is 5.02 Å². The lowest BCUT2D eigenvalue weighted by atomic mass is 9.83. The van der Waals surface area contributed by atoms with Gasteiger partial charge in [-0.2, -0.15) is 0 Å². The van der Waals surface area contributed by atoms with E-state index in [1.807, 2.05) is 32.0 Å². The van der Waals surface area contributed by atoms with Crippen LogP contribution in [0.4, 0.5) is 0 Å². The largest absolute Gasteiger partial charge is 0.424 e. The molecule has 0 radical (unpaired) electrons. The molecule has 2 atom stereocenters. The number of rotatable bonds is 1. The Morgan fingerprint density at radius 3 is 2.71 bits per heavy atom. The monoisotopic (exact) mass is 294 g/mol. The summed E-state index contributed by atoms with van der Waals surface area (Å²) >= 11 is 11.8. The summed E-state index contributed by atoms with van der Waals surface area (Å²) in [4.78, 5) is 0. The number of hydrogen-bond donors (Lipinski definition) is 0. The highest BCUT2D eigenvalue weighted by Crippen LogP contribution is 2.64. The van der Waals surface area contributed by atoms with Gasteiger partial charge in [-0.05, 0) is 6.07 Å². The molecule has 0 aliphatic carbocycles.